The molecule has 1 aliphatic rings. The molecule has 116 valence electrons. The van der Waals surface area contributed by atoms with Crippen LogP contribution in [-0.4, -0.2) is 52.0 Å². The summed E-state index contributed by atoms with van der Waals surface area (Å²) in [6.45, 7) is 4.56. The molecule has 1 aromatic heterocycles. The van der Waals surface area contributed by atoms with Crippen LogP contribution in [0.2, 0.25) is 0 Å². The summed E-state index contributed by atoms with van der Waals surface area (Å²) in [7, 11) is 1.34. The largest absolute Gasteiger partial charge is 0.468 e. The number of esters is 1. The van der Waals surface area contributed by atoms with Crippen LogP contribution in [0.3, 0.4) is 0 Å². The summed E-state index contributed by atoms with van der Waals surface area (Å²) >= 11 is 0. The number of nitrogens with zero attached hydrogens (tertiary/aromatic N) is 5. The SMILES string of the molecule is COC(=O)Cn1cc(CN=C(N)N2CCC(C)CC2)nn1. The Morgan fingerprint density at radius 2 is 2.24 bits per heavy atom. The second-order valence-electron chi connectivity index (χ2n) is 5.33. The lowest BCUT2D eigenvalue weighted by Crippen LogP contribution is -2.42. The van der Waals surface area contributed by atoms with Gasteiger partial charge in [0.2, 0.25) is 0 Å². The average Bonchev–Trinajstić information content (AvgIpc) is 2.93. The summed E-state index contributed by atoms with van der Waals surface area (Å²) in [5, 5.41) is 7.80. The fraction of sp³-hybridized carbons (Fsp3) is 0.692. The number of carbonyl (C=O) groups is 1. The van der Waals surface area contributed by atoms with Crippen LogP contribution in [0.5, 0.6) is 0 Å². The van der Waals surface area contributed by atoms with Crippen molar-refractivity contribution in [2.24, 2.45) is 16.6 Å². The highest BCUT2D eigenvalue weighted by molar-refractivity contribution is 5.78. The van der Waals surface area contributed by atoms with Crippen molar-refractivity contribution in [1.29, 1.82) is 0 Å². The zero-order valence-corrected chi connectivity index (χ0v) is 12.5. The minimum atomic E-state index is -0.364. The van der Waals surface area contributed by atoms with Gasteiger partial charge in [-0.1, -0.05) is 12.1 Å². The quantitative estimate of drug-likeness (QED) is 0.477. The van der Waals surface area contributed by atoms with Crippen molar-refractivity contribution in [1.82, 2.24) is 19.9 Å². The molecular weight excluding hydrogens is 272 g/mol. The number of nitrogens with two attached hydrogens (primary N) is 1. The number of carbonyl (C=O) groups excluding carboxylic acids is 1. The van der Waals surface area contributed by atoms with Gasteiger partial charge in [0.05, 0.1) is 19.9 Å². The van der Waals surface area contributed by atoms with Crippen molar-refractivity contribution in [3.05, 3.63) is 11.9 Å². The summed E-state index contributed by atoms with van der Waals surface area (Å²) in [6.07, 6.45) is 3.96. The van der Waals surface area contributed by atoms with Crippen LogP contribution in [0.4, 0.5) is 0 Å². The number of methoxy groups -OCH3 is 1. The van der Waals surface area contributed by atoms with Crippen molar-refractivity contribution in [3.63, 3.8) is 0 Å². The number of piperidine rings is 1. The standard InChI is InChI=1S/C13H22N6O2/c1-10-3-5-18(6-4-10)13(14)15-7-11-8-19(17-16-11)9-12(20)21-2/h8,10H,3-7,9H2,1-2H3,(H2,14,15). The van der Waals surface area contributed by atoms with E-state index in [1.54, 1.807) is 6.20 Å². The van der Waals surface area contributed by atoms with E-state index in [9.17, 15) is 4.79 Å². The minimum Gasteiger partial charge on any atom is -0.468 e. The van der Waals surface area contributed by atoms with Crippen molar-refractivity contribution in [3.8, 4) is 0 Å². The maximum atomic E-state index is 11.1. The van der Waals surface area contributed by atoms with Crippen molar-refractivity contribution < 1.29 is 9.53 Å². The molecule has 1 saturated heterocycles. The molecule has 0 radical (unpaired) electrons. The third-order valence-electron chi connectivity index (χ3n) is 3.62. The molecule has 0 spiro atoms. The second-order valence-corrected chi connectivity index (χ2v) is 5.33. The predicted molar refractivity (Wildman–Crippen MR) is 77.3 cm³/mol. The predicted octanol–water partition coefficient (Wildman–Crippen LogP) is -0.00230. The Morgan fingerprint density at radius 3 is 2.90 bits per heavy atom. The number of likely N-dealkylation sites (tertiary alicyclic amines) is 1. The zero-order chi connectivity index (χ0) is 15.2. The van der Waals surface area contributed by atoms with Crippen molar-refractivity contribution in [2.75, 3.05) is 20.2 Å². The Balaban J connectivity index is 1.86. The van der Waals surface area contributed by atoms with E-state index < -0.39 is 0 Å². The fourth-order valence-corrected chi connectivity index (χ4v) is 2.18. The first-order valence-corrected chi connectivity index (χ1v) is 7.09. The van der Waals surface area contributed by atoms with E-state index in [0.29, 0.717) is 18.2 Å². The van der Waals surface area contributed by atoms with Gasteiger partial charge in [0.25, 0.3) is 0 Å². The van der Waals surface area contributed by atoms with Crippen LogP contribution >= 0.6 is 0 Å². The van der Waals surface area contributed by atoms with E-state index in [0.717, 1.165) is 31.8 Å². The third kappa shape index (κ3) is 4.44. The summed E-state index contributed by atoms with van der Waals surface area (Å²) in [5.74, 6) is 0.939. The summed E-state index contributed by atoms with van der Waals surface area (Å²) in [6, 6.07) is 0. The Morgan fingerprint density at radius 1 is 1.52 bits per heavy atom. The number of aromatic nitrogens is 3. The maximum absolute atomic E-state index is 11.1. The molecule has 0 saturated carbocycles. The number of ether oxygens (including phenoxy) is 1. The lowest BCUT2D eigenvalue weighted by molar-refractivity contribution is -0.141. The van der Waals surface area contributed by atoms with Crippen LogP contribution in [0.15, 0.2) is 11.2 Å². The van der Waals surface area contributed by atoms with Gasteiger partial charge in [0, 0.05) is 13.1 Å². The van der Waals surface area contributed by atoms with E-state index in [4.69, 9.17) is 5.73 Å². The summed E-state index contributed by atoms with van der Waals surface area (Å²) < 4.78 is 5.99. The summed E-state index contributed by atoms with van der Waals surface area (Å²) in [4.78, 5) is 17.6. The molecule has 2 heterocycles. The smallest absolute Gasteiger partial charge is 0.327 e. The Kier molecular flexibility index (Phi) is 5.13. The van der Waals surface area contributed by atoms with Gasteiger partial charge in [0.1, 0.15) is 12.2 Å². The van der Waals surface area contributed by atoms with Gasteiger partial charge in [-0.3, -0.25) is 4.79 Å². The number of rotatable bonds is 4. The molecule has 0 unspecified atom stereocenters. The monoisotopic (exact) mass is 294 g/mol. The van der Waals surface area contributed by atoms with Gasteiger partial charge in [-0.05, 0) is 18.8 Å². The third-order valence-corrected chi connectivity index (χ3v) is 3.62. The molecule has 1 aliphatic heterocycles. The lowest BCUT2D eigenvalue weighted by atomic mass is 10.00. The van der Waals surface area contributed by atoms with Crippen LogP contribution < -0.4 is 5.73 Å². The number of hydrogen-bond acceptors (Lipinski definition) is 5. The van der Waals surface area contributed by atoms with Gasteiger partial charge in [-0.15, -0.1) is 5.10 Å². The molecule has 0 atom stereocenters. The molecule has 2 N–H and O–H groups in total. The molecule has 0 aromatic carbocycles. The van der Waals surface area contributed by atoms with E-state index in [1.165, 1.54) is 11.8 Å². The molecule has 1 fully saturated rings. The molecule has 0 aliphatic carbocycles. The number of guanidine groups is 1. The normalized spacial score (nSPS) is 17.0. The first-order valence-electron chi connectivity index (χ1n) is 7.09. The second kappa shape index (κ2) is 7.05. The van der Waals surface area contributed by atoms with Gasteiger partial charge in [0.15, 0.2) is 5.96 Å². The average molecular weight is 294 g/mol. The number of aliphatic imine (C=N–C) groups is 1. The van der Waals surface area contributed by atoms with E-state index in [2.05, 4.69) is 31.9 Å². The molecule has 0 bridgehead atoms. The van der Waals surface area contributed by atoms with Crippen LogP contribution in [-0.2, 0) is 22.6 Å². The Labute approximate surface area is 124 Å². The van der Waals surface area contributed by atoms with E-state index in [-0.39, 0.29) is 12.5 Å². The highest BCUT2D eigenvalue weighted by Gasteiger charge is 2.17. The molecule has 1 aromatic rings. The van der Waals surface area contributed by atoms with E-state index >= 15 is 0 Å². The fourth-order valence-electron chi connectivity index (χ4n) is 2.18. The van der Waals surface area contributed by atoms with Gasteiger partial charge >= 0.3 is 5.97 Å². The summed E-state index contributed by atoms with van der Waals surface area (Å²) in [5.41, 5.74) is 6.67. The molecule has 8 nitrogen and oxygen atoms in total. The highest BCUT2D eigenvalue weighted by Crippen LogP contribution is 2.15. The van der Waals surface area contributed by atoms with Gasteiger partial charge < -0.3 is 15.4 Å². The van der Waals surface area contributed by atoms with Crippen LogP contribution in [0.1, 0.15) is 25.5 Å². The maximum Gasteiger partial charge on any atom is 0.327 e. The van der Waals surface area contributed by atoms with E-state index in [1.807, 2.05) is 0 Å². The lowest BCUT2D eigenvalue weighted by Gasteiger charge is -2.30. The van der Waals surface area contributed by atoms with Crippen LogP contribution in [0.25, 0.3) is 0 Å². The molecule has 21 heavy (non-hydrogen) atoms. The van der Waals surface area contributed by atoms with Crippen LogP contribution in [0, 0.1) is 5.92 Å². The molecule has 2 rings (SSSR count). The highest BCUT2D eigenvalue weighted by atomic mass is 16.5. The Hall–Kier alpha value is -2.12. The first kappa shape index (κ1) is 15.3. The van der Waals surface area contributed by atoms with Gasteiger partial charge in [-0.2, -0.15) is 0 Å². The first-order chi connectivity index (χ1) is 10.1. The molecule has 8 heteroatoms. The Bertz CT molecular complexity index is 505. The van der Waals surface area contributed by atoms with Crippen molar-refractivity contribution in [2.45, 2.75) is 32.9 Å². The minimum absolute atomic E-state index is 0.0483. The number of hydrogen-bond donors (Lipinski definition) is 1. The van der Waals surface area contributed by atoms with Crippen molar-refractivity contribution >= 4 is 11.9 Å². The topological polar surface area (TPSA) is 98.6 Å². The van der Waals surface area contributed by atoms with Gasteiger partial charge in [-0.25, -0.2) is 9.67 Å². The molecular formula is C13H22N6O2. The molecule has 0 amide bonds. The zero-order valence-electron chi connectivity index (χ0n) is 12.5.